The molecule has 1 saturated heterocycles. The predicted molar refractivity (Wildman–Crippen MR) is 96.4 cm³/mol. The Morgan fingerprint density at radius 3 is 2.38 bits per heavy atom. The number of benzene rings is 2. The lowest BCUT2D eigenvalue weighted by Crippen LogP contribution is -3.18. The van der Waals surface area contributed by atoms with E-state index in [2.05, 4.69) is 60.0 Å². The molecule has 0 spiro atoms. The number of nitrogens with one attached hydrogen (secondary N) is 1. The van der Waals surface area contributed by atoms with E-state index in [0.717, 1.165) is 26.3 Å². The van der Waals surface area contributed by atoms with Gasteiger partial charge in [0.25, 0.3) is 0 Å². The van der Waals surface area contributed by atoms with Crippen LogP contribution in [-0.4, -0.2) is 48.1 Å². The van der Waals surface area contributed by atoms with Crippen molar-refractivity contribution in [3.05, 3.63) is 48.5 Å². The van der Waals surface area contributed by atoms with Gasteiger partial charge in [-0.05, 0) is 19.1 Å². The van der Waals surface area contributed by atoms with Gasteiger partial charge in [0.15, 0.2) is 0 Å². The molecule has 3 unspecified atom stereocenters. The van der Waals surface area contributed by atoms with Gasteiger partial charge >= 0.3 is 0 Å². The molecular weight excluding hydrogens is 300 g/mol. The number of fused-ring (bicyclic) bond motifs is 3. The summed E-state index contributed by atoms with van der Waals surface area (Å²) in [5, 5.41) is 13.2. The minimum Gasteiger partial charge on any atom is -0.385 e. The van der Waals surface area contributed by atoms with Crippen LogP contribution >= 0.6 is 0 Å². The number of aliphatic hydroxyl groups is 1. The molecule has 4 rings (SSSR count). The highest BCUT2D eigenvalue weighted by Crippen LogP contribution is 2.28. The van der Waals surface area contributed by atoms with Crippen molar-refractivity contribution in [2.75, 3.05) is 26.3 Å². The van der Waals surface area contributed by atoms with Crippen molar-refractivity contribution in [3.63, 3.8) is 0 Å². The van der Waals surface area contributed by atoms with Gasteiger partial charge in [0.05, 0.1) is 19.8 Å². The monoisotopic (exact) mass is 325 g/mol. The maximum Gasteiger partial charge on any atom is 0.121 e. The third kappa shape index (κ3) is 2.81. The first-order valence-corrected chi connectivity index (χ1v) is 8.80. The highest BCUT2D eigenvalue weighted by Gasteiger charge is 2.25. The largest absolute Gasteiger partial charge is 0.385 e. The van der Waals surface area contributed by atoms with Crippen LogP contribution in [0.4, 0.5) is 0 Å². The lowest BCUT2D eigenvalue weighted by Gasteiger charge is -2.31. The Bertz CT molecular complexity index is 789. The van der Waals surface area contributed by atoms with Crippen LogP contribution in [0.15, 0.2) is 48.5 Å². The highest BCUT2D eigenvalue weighted by molar-refractivity contribution is 6.07. The van der Waals surface area contributed by atoms with Crippen LogP contribution in [0.3, 0.4) is 0 Å². The number of rotatable bonds is 4. The summed E-state index contributed by atoms with van der Waals surface area (Å²) < 4.78 is 7.77. The second-order valence-corrected chi connectivity index (χ2v) is 6.89. The number of aromatic nitrogens is 1. The summed E-state index contributed by atoms with van der Waals surface area (Å²) in [6.45, 7) is 6.16. The summed E-state index contributed by atoms with van der Waals surface area (Å²) in [5.74, 6) is 0. The fraction of sp³-hybridized carbons (Fsp3) is 0.400. The molecule has 0 aliphatic carbocycles. The minimum absolute atomic E-state index is 0.361. The molecule has 3 atom stereocenters. The molecule has 1 fully saturated rings. The van der Waals surface area contributed by atoms with Gasteiger partial charge in [-0.1, -0.05) is 36.4 Å². The molecule has 0 saturated carbocycles. The summed E-state index contributed by atoms with van der Waals surface area (Å²) in [6.07, 6.45) is -0.361. The molecule has 3 aromatic rings. The van der Waals surface area contributed by atoms with Gasteiger partial charge in [0.2, 0.25) is 0 Å². The standard InChI is InChI=1S/C20H24N2O2/c1-15-14-24-11-10-21(15)12-16(23)13-22-19-8-4-2-6-17(19)18-7-3-5-9-20(18)22/h2-9,15-16,23H,10-14H2,1H3/p+1. The van der Waals surface area contributed by atoms with Crippen molar-refractivity contribution < 1.29 is 14.7 Å². The molecule has 4 heteroatoms. The van der Waals surface area contributed by atoms with E-state index in [1.807, 2.05) is 0 Å². The summed E-state index contributed by atoms with van der Waals surface area (Å²) in [6, 6.07) is 17.4. The van der Waals surface area contributed by atoms with Gasteiger partial charge in [-0.2, -0.15) is 0 Å². The molecule has 2 aromatic carbocycles. The summed E-state index contributed by atoms with van der Waals surface area (Å²) in [5.41, 5.74) is 2.39. The van der Waals surface area contributed by atoms with E-state index in [0.29, 0.717) is 12.6 Å². The third-order valence-corrected chi connectivity index (χ3v) is 5.20. The average Bonchev–Trinajstić information content (AvgIpc) is 2.92. The molecule has 4 nitrogen and oxygen atoms in total. The third-order valence-electron chi connectivity index (χ3n) is 5.20. The van der Waals surface area contributed by atoms with Crippen LogP contribution in [0.2, 0.25) is 0 Å². The van der Waals surface area contributed by atoms with E-state index in [1.165, 1.54) is 26.7 Å². The van der Waals surface area contributed by atoms with Gasteiger partial charge in [-0.3, -0.25) is 0 Å². The van der Waals surface area contributed by atoms with Gasteiger partial charge in [-0.25, -0.2) is 0 Å². The van der Waals surface area contributed by atoms with E-state index in [9.17, 15) is 5.11 Å². The molecule has 24 heavy (non-hydrogen) atoms. The lowest BCUT2D eigenvalue weighted by atomic mass is 10.2. The average molecular weight is 325 g/mol. The Kier molecular flexibility index (Phi) is 4.27. The minimum atomic E-state index is -0.361. The molecular formula is C20H25N2O2+. The Labute approximate surface area is 142 Å². The van der Waals surface area contributed by atoms with E-state index in [4.69, 9.17) is 4.74 Å². The summed E-state index contributed by atoms with van der Waals surface area (Å²) in [7, 11) is 0. The van der Waals surface area contributed by atoms with Gasteiger partial charge in [0, 0.05) is 21.8 Å². The van der Waals surface area contributed by atoms with Crippen LogP contribution in [0, 0.1) is 0 Å². The number of para-hydroxylation sites is 2. The van der Waals surface area contributed by atoms with Crippen molar-refractivity contribution in [2.45, 2.75) is 25.6 Å². The number of nitrogens with zero attached hydrogens (tertiary/aromatic N) is 1. The Hall–Kier alpha value is -1.88. The zero-order valence-corrected chi connectivity index (χ0v) is 14.1. The molecule has 1 aliphatic rings. The van der Waals surface area contributed by atoms with Crippen molar-refractivity contribution >= 4 is 21.8 Å². The lowest BCUT2D eigenvalue weighted by molar-refractivity contribution is -0.934. The molecule has 1 aromatic heterocycles. The van der Waals surface area contributed by atoms with Crippen LogP contribution in [-0.2, 0) is 11.3 Å². The van der Waals surface area contributed by atoms with Crippen molar-refractivity contribution in [2.24, 2.45) is 0 Å². The van der Waals surface area contributed by atoms with E-state index >= 15 is 0 Å². The van der Waals surface area contributed by atoms with E-state index in [1.54, 1.807) is 0 Å². The maximum atomic E-state index is 10.7. The van der Waals surface area contributed by atoms with Gasteiger partial charge in [-0.15, -0.1) is 0 Å². The normalized spacial score (nSPS) is 22.9. The topological polar surface area (TPSA) is 38.8 Å². The Balaban J connectivity index is 1.63. The highest BCUT2D eigenvalue weighted by atomic mass is 16.5. The fourth-order valence-corrected chi connectivity index (χ4v) is 3.91. The quantitative estimate of drug-likeness (QED) is 0.762. The zero-order valence-electron chi connectivity index (χ0n) is 14.1. The van der Waals surface area contributed by atoms with Crippen molar-refractivity contribution in [1.82, 2.24) is 4.57 Å². The summed E-state index contributed by atoms with van der Waals surface area (Å²) >= 11 is 0. The van der Waals surface area contributed by atoms with Crippen LogP contribution in [0.25, 0.3) is 21.8 Å². The first kappa shape index (κ1) is 15.6. The molecule has 0 radical (unpaired) electrons. The first-order chi connectivity index (χ1) is 11.7. The smallest absolute Gasteiger partial charge is 0.121 e. The molecule has 2 heterocycles. The Morgan fingerprint density at radius 1 is 1.12 bits per heavy atom. The SMILES string of the molecule is CC1COCC[NH+]1CC(O)Cn1c2ccccc2c2ccccc21. The number of aliphatic hydroxyl groups excluding tert-OH is 1. The number of hydrogen-bond acceptors (Lipinski definition) is 2. The predicted octanol–water partition coefficient (Wildman–Crippen LogP) is 1.46. The van der Waals surface area contributed by atoms with E-state index < -0.39 is 0 Å². The second-order valence-electron chi connectivity index (χ2n) is 6.89. The fourth-order valence-electron chi connectivity index (χ4n) is 3.91. The number of ether oxygens (including phenoxy) is 1. The van der Waals surface area contributed by atoms with Crippen LogP contribution in [0.1, 0.15) is 6.92 Å². The Morgan fingerprint density at radius 2 is 1.75 bits per heavy atom. The number of hydrogen-bond donors (Lipinski definition) is 2. The van der Waals surface area contributed by atoms with Gasteiger partial charge in [0.1, 0.15) is 25.2 Å². The second kappa shape index (κ2) is 6.55. The molecule has 0 amide bonds. The molecule has 1 aliphatic heterocycles. The number of morpholine rings is 1. The van der Waals surface area contributed by atoms with Crippen LogP contribution < -0.4 is 4.90 Å². The van der Waals surface area contributed by atoms with E-state index in [-0.39, 0.29) is 6.10 Å². The zero-order chi connectivity index (χ0) is 16.5. The first-order valence-electron chi connectivity index (χ1n) is 8.80. The maximum absolute atomic E-state index is 10.7. The molecule has 126 valence electrons. The van der Waals surface area contributed by atoms with Gasteiger partial charge < -0.3 is 19.3 Å². The van der Waals surface area contributed by atoms with Crippen molar-refractivity contribution in [1.29, 1.82) is 0 Å². The molecule has 2 N–H and O–H groups in total. The summed E-state index contributed by atoms with van der Waals surface area (Å²) in [4.78, 5) is 1.44. The van der Waals surface area contributed by atoms with Crippen molar-refractivity contribution in [3.8, 4) is 0 Å². The van der Waals surface area contributed by atoms with Crippen LogP contribution in [0.5, 0.6) is 0 Å². The number of quaternary nitrogens is 1. The molecule has 0 bridgehead atoms.